The zero-order valence-corrected chi connectivity index (χ0v) is 11.3. The minimum absolute atomic E-state index is 0.261. The van der Waals surface area contributed by atoms with Crippen LogP contribution in [0.15, 0.2) is 18.3 Å². The molecule has 1 N–H and O–H groups in total. The van der Waals surface area contributed by atoms with Crippen LogP contribution in [-0.4, -0.2) is 50.2 Å². The molecule has 0 bridgehead atoms. The van der Waals surface area contributed by atoms with E-state index in [4.69, 9.17) is 5.11 Å². The van der Waals surface area contributed by atoms with Crippen molar-refractivity contribution < 1.29 is 9.90 Å². The molecule has 0 radical (unpaired) electrons. The van der Waals surface area contributed by atoms with Crippen LogP contribution in [0, 0.1) is 0 Å². The Morgan fingerprint density at radius 1 is 1.20 bits per heavy atom. The Labute approximate surface area is 117 Å². The summed E-state index contributed by atoms with van der Waals surface area (Å²) in [5, 5.41) is 17.3. The molecule has 0 aliphatic carbocycles. The van der Waals surface area contributed by atoms with Gasteiger partial charge in [0.1, 0.15) is 5.82 Å². The lowest BCUT2D eigenvalue weighted by Crippen LogP contribution is -2.31. The Bertz CT molecular complexity index is 617. The van der Waals surface area contributed by atoms with E-state index in [1.165, 1.54) is 19.3 Å². The van der Waals surface area contributed by atoms with E-state index in [0.717, 1.165) is 31.9 Å². The summed E-state index contributed by atoms with van der Waals surface area (Å²) in [5.41, 5.74) is 0.958. The summed E-state index contributed by atoms with van der Waals surface area (Å²) < 4.78 is 1.79. The van der Waals surface area contributed by atoms with Gasteiger partial charge < -0.3 is 10.0 Å². The zero-order valence-electron chi connectivity index (χ0n) is 11.3. The van der Waals surface area contributed by atoms with Crippen LogP contribution in [0.4, 0.5) is 0 Å². The molecule has 0 aromatic carbocycles. The fourth-order valence-electron chi connectivity index (χ4n) is 2.68. The maximum absolute atomic E-state index is 11.0. The van der Waals surface area contributed by atoms with Crippen LogP contribution in [0.1, 0.15) is 35.4 Å². The molecule has 6 nitrogen and oxygen atoms in total. The van der Waals surface area contributed by atoms with Gasteiger partial charge in [0.25, 0.3) is 0 Å². The summed E-state index contributed by atoms with van der Waals surface area (Å²) in [6.45, 7) is 3.26. The van der Waals surface area contributed by atoms with Crippen LogP contribution in [-0.2, 0) is 6.42 Å². The third-order valence-electron chi connectivity index (χ3n) is 3.82. The van der Waals surface area contributed by atoms with Gasteiger partial charge >= 0.3 is 5.97 Å². The first-order chi connectivity index (χ1) is 9.74. The van der Waals surface area contributed by atoms with E-state index >= 15 is 0 Å². The van der Waals surface area contributed by atoms with Gasteiger partial charge in [0.2, 0.25) is 0 Å². The molecule has 0 saturated carbocycles. The molecule has 0 amide bonds. The van der Waals surface area contributed by atoms with E-state index in [1.807, 2.05) is 0 Å². The number of aromatic carboxylic acids is 1. The van der Waals surface area contributed by atoms with Crippen molar-refractivity contribution in [2.24, 2.45) is 0 Å². The van der Waals surface area contributed by atoms with E-state index < -0.39 is 5.97 Å². The molecule has 2 aromatic heterocycles. The van der Waals surface area contributed by atoms with Gasteiger partial charge in [-0.15, -0.1) is 10.2 Å². The average molecular weight is 274 g/mol. The number of piperidine rings is 1. The second-order valence-electron chi connectivity index (χ2n) is 5.22. The van der Waals surface area contributed by atoms with Gasteiger partial charge in [-0.05, 0) is 38.1 Å². The smallest absolute Gasteiger partial charge is 0.337 e. The van der Waals surface area contributed by atoms with Gasteiger partial charge in [-0.3, -0.25) is 4.40 Å². The van der Waals surface area contributed by atoms with Crippen LogP contribution in [0.25, 0.3) is 5.65 Å². The Hall–Kier alpha value is -1.95. The first kappa shape index (κ1) is 13.1. The molecular weight excluding hydrogens is 256 g/mol. The predicted molar refractivity (Wildman–Crippen MR) is 73.9 cm³/mol. The number of hydrogen-bond donors (Lipinski definition) is 1. The van der Waals surface area contributed by atoms with Crippen molar-refractivity contribution in [3.05, 3.63) is 29.7 Å². The SMILES string of the molecule is O=C(O)c1ccc2nnc(CCN3CCCCC3)n2c1. The molecular formula is C14H18N4O2. The third-order valence-corrected chi connectivity index (χ3v) is 3.82. The summed E-state index contributed by atoms with van der Waals surface area (Å²) in [6.07, 6.45) is 6.26. The number of hydrogen-bond acceptors (Lipinski definition) is 4. The first-order valence-corrected chi connectivity index (χ1v) is 7.03. The van der Waals surface area contributed by atoms with E-state index in [1.54, 1.807) is 22.7 Å². The molecule has 0 spiro atoms. The topological polar surface area (TPSA) is 70.7 Å². The number of carboxylic acid groups (broad SMARTS) is 1. The Morgan fingerprint density at radius 2 is 2.00 bits per heavy atom. The fourth-order valence-corrected chi connectivity index (χ4v) is 2.68. The maximum atomic E-state index is 11.0. The van der Waals surface area contributed by atoms with Crippen molar-refractivity contribution in [3.8, 4) is 0 Å². The summed E-state index contributed by atoms with van der Waals surface area (Å²) in [4.78, 5) is 13.5. The molecule has 1 saturated heterocycles. The van der Waals surface area contributed by atoms with Crippen LogP contribution in [0.2, 0.25) is 0 Å². The van der Waals surface area contributed by atoms with Crippen molar-refractivity contribution in [2.75, 3.05) is 19.6 Å². The van der Waals surface area contributed by atoms with Crippen molar-refractivity contribution in [3.63, 3.8) is 0 Å². The third kappa shape index (κ3) is 2.65. The van der Waals surface area contributed by atoms with E-state index in [0.29, 0.717) is 5.65 Å². The molecule has 1 aliphatic rings. The quantitative estimate of drug-likeness (QED) is 0.914. The Morgan fingerprint density at radius 3 is 2.75 bits per heavy atom. The van der Waals surface area contributed by atoms with Crippen LogP contribution < -0.4 is 0 Å². The van der Waals surface area contributed by atoms with E-state index in [9.17, 15) is 4.79 Å². The lowest BCUT2D eigenvalue weighted by atomic mass is 10.1. The van der Waals surface area contributed by atoms with Gasteiger partial charge in [0, 0.05) is 19.2 Å². The summed E-state index contributed by atoms with van der Waals surface area (Å²) >= 11 is 0. The molecule has 6 heteroatoms. The highest BCUT2D eigenvalue weighted by molar-refractivity contribution is 5.87. The highest BCUT2D eigenvalue weighted by atomic mass is 16.4. The van der Waals surface area contributed by atoms with Gasteiger partial charge in [0.05, 0.1) is 5.56 Å². The summed E-state index contributed by atoms with van der Waals surface area (Å²) in [5.74, 6) is -0.101. The highest BCUT2D eigenvalue weighted by Crippen LogP contribution is 2.11. The minimum atomic E-state index is -0.928. The fraction of sp³-hybridized carbons (Fsp3) is 0.500. The zero-order chi connectivity index (χ0) is 13.9. The van der Waals surface area contributed by atoms with Crippen molar-refractivity contribution >= 4 is 11.6 Å². The average Bonchev–Trinajstić information content (AvgIpc) is 2.88. The van der Waals surface area contributed by atoms with Crippen LogP contribution >= 0.6 is 0 Å². The van der Waals surface area contributed by atoms with Gasteiger partial charge in [0.15, 0.2) is 5.65 Å². The normalized spacial score (nSPS) is 16.6. The molecule has 3 rings (SSSR count). The molecule has 20 heavy (non-hydrogen) atoms. The van der Waals surface area contributed by atoms with Gasteiger partial charge in [-0.25, -0.2) is 4.79 Å². The molecule has 0 unspecified atom stereocenters. The first-order valence-electron chi connectivity index (χ1n) is 7.03. The standard InChI is InChI=1S/C14H18N4O2/c19-14(20)11-4-5-12-15-16-13(18(12)10-11)6-9-17-7-2-1-3-8-17/h4-5,10H,1-3,6-9H2,(H,19,20). The predicted octanol–water partition coefficient (Wildman–Crippen LogP) is 1.46. The number of rotatable bonds is 4. The lowest BCUT2D eigenvalue weighted by Gasteiger charge is -2.25. The van der Waals surface area contributed by atoms with Crippen LogP contribution in [0.5, 0.6) is 0 Å². The second kappa shape index (κ2) is 5.58. The lowest BCUT2D eigenvalue weighted by molar-refractivity contribution is 0.0696. The molecule has 0 atom stereocenters. The number of carboxylic acids is 1. The minimum Gasteiger partial charge on any atom is -0.478 e. The molecule has 1 aliphatic heterocycles. The number of carbonyl (C=O) groups is 1. The largest absolute Gasteiger partial charge is 0.478 e. The monoisotopic (exact) mass is 274 g/mol. The molecule has 106 valence electrons. The molecule has 3 heterocycles. The van der Waals surface area contributed by atoms with E-state index in [-0.39, 0.29) is 5.56 Å². The van der Waals surface area contributed by atoms with Crippen molar-refractivity contribution in [1.29, 1.82) is 0 Å². The Kier molecular flexibility index (Phi) is 3.64. The van der Waals surface area contributed by atoms with Crippen LogP contribution in [0.3, 0.4) is 0 Å². The summed E-state index contributed by atoms with van der Waals surface area (Å²) in [7, 11) is 0. The van der Waals surface area contributed by atoms with Crippen molar-refractivity contribution in [1.82, 2.24) is 19.5 Å². The van der Waals surface area contributed by atoms with Crippen molar-refractivity contribution in [2.45, 2.75) is 25.7 Å². The second-order valence-corrected chi connectivity index (χ2v) is 5.22. The number of pyridine rings is 1. The highest BCUT2D eigenvalue weighted by Gasteiger charge is 2.13. The number of likely N-dealkylation sites (tertiary alicyclic amines) is 1. The number of fused-ring (bicyclic) bond motifs is 1. The summed E-state index contributed by atoms with van der Waals surface area (Å²) in [6, 6.07) is 3.25. The number of aromatic nitrogens is 3. The molecule has 1 fully saturated rings. The van der Waals surface area contributed by atoms with Gasteiger partial charge in [-0.1, -0.05) is 6.42 Å². The van der Waals surface area contributed by atoms with E-state index in [2.05, 4.69) is 15.1 Å². The van der Waals surface area contributed by atoms with Gasteiger partial charge in [-0.2, -0.15) is 0 Å². The molecule has 2 aromatic rings. The maximum Gasteiger partial charge on any atom is 0.337 e. The Balaban J connectivity index is 1.76. The number of nitrogens with zero attached hydrogens (tertiary/aromatic N) is 4.